The SMILES string of the molecule is C=C(/C=C\C(=C/C)CC1=CCC(OCC2CO2)C=C1)OCC1CO1. The number of hydrogen-bond acceptors (Lipinski definition) is 4. The molecule has 0 amide bonds. The van der Waals surface area contributed by atoms with Gasteiger partial charge in [0.1, 0.15) is 24.6 Å². The molecule has 0 saturated carbocycles. The summed E-state index contributed by atoms with van der Waals surface area (Å²) in [5.74, 6) is 0.675. The highest BCUT2D eigenvalue weighted by molar-refractivity contribution is 5.34. The number of rotatable bonds is 10. The predicted octanol–water partition coefficient (Wildman–Crippen LogP) is 3.48. The molecule has 2 fully saturated rings. The molecular weight excluding hydrogens is 304 g/mol. The lowest BCUT2D eigenvalue weighted by Crippen LogP contribution is -2.15. The molecule has 3 rings (SSSR count). The minimum atomic E-state index is 0.181. The molecule has 4 heteroatoms. The van der Waals surface area contributed by atoms with E-state index in [9.17, 15) is 0 Å². The van der Waals surface area contributed by atoms with Gasteiger partial charge in [0.2, 0.25) is 0 Å². The Morgan fingerprint density at radius 1 is 1.25 bits per heavy atom. The summed E-state index contributed by atoms with van der Waals surface area (Å²) in [7, 11) is 0. The molecule has 2 heterocycles. The third-order valence-corrected chi connectivity index (χ3v) is 4.16. The van der Waals surface area contributed by atoms with Crippen LogP contribution in [0.3, 0.4) is 0 Å². The molecule has 0 aromatic carbocycles. The zero-order valence-corrected chi connectivity index (χ0v) is 14.3. The Morgan fingerprint density at radius 2 is 2.00 bits per heavy atom. The second-order valence-electron chi connectivity index (χ2n) is 6.31. The zero-order valence-electron chi connectivity index (χ0n) is 14.3. The Labute approximate surface area is 144 Å². The van der Waals surface area contributed by atoms with Crippen LogP contribution in [0.2, 0.25) is 0 Å². The molecule has 24 heavy (non-hydrogen) atoms. The number of ether oxygens (including phenoxy) is 4. The first-order chi connectivity index (χ1) is 11.7. The van der Waals surface area contributed by atoms with Gasteiger partial charge in [-0.1, -0.05) is 37.0 Å². The molecule has 0 spiro atoms. The van der Waals surface area contributed by atoms with E-state index in [1.165, 1.54) is 11.1 Å². The van der Waals surface area contributed by atoms with Crippen LogP contribution in [0.15, 0.2) is 59.9 Å². The Bertz CT molecular complexity index is 562. The van der Waals surface area contributed by atoms with E-state index < -0.39 is 0 Å². The minimum Gasteiger partial charge on any atom is -0.491 e. The van der Waals surface area contributed by atoms with Crippen LogP contribution in [0.5, 0.6) is 0 Å². The largest absolute Gasteiger partial charge is 0.491 e. The van der Waals surface area contributed by atoms with E-state index in [0.717, 1.165) is 26.1 Å². The molecule has 0 radical (unpaired) electrons. The van der Waals surface area contributed by atoms with Gasteiger partial charge in [-0.25, -0.2) is 0 Å². The van der Waals surface area contributed by atoms with Crippen molar-refractivity contribution in [2.75, 3.05) is 26.4 Å². The van der Waals surface area contributed by atoms with E-state index in [2.05, 4.69) is 43.9 Å². The van der Waals surface area contributed by atoms with Gasteiger partial charge < -0.3 is 18.9 Å². The Hall–Kier alpha value is -1.62. The lowest BCUT2D eigenvalue weighted by Gasteiger charge is -2.17. The van der Waals surface area contributed by atoms with Crippen molar-refractivity contribution in [2.45, 2.75) is 38.1 Å². The zero-order chi connectivity index (χ0) is 16.8. The summed E-state index contributed by atoms with van der Waals surface area (Å²) in [6.07, 6.45) is 15.3. The normalized spacial score (nSPS) is 28.8. The maximum atomic E-state index is 5.79. The second-order valence-corrected chi connectivity index (χ2v) is 6.31. The first-order valence-electron chi connectivity index (χ1n) is 8.60. The molecular formula is C20H26O4. The quantitative estimate of drug-likeness (QED) is 0.349. The Balaban J connectivity index is 1.39. The van der Waals surface area contributed by atoms with Gasteiger partial charge >= 0.3 is 0 Å². The summed E-state index contributed by atoms with van der Waals surface area (Å²) in [5.41, 5.74) is 2.55. The first-order valence-corrected chi connectivity index (χ1v) is 8.60. The third-order valence-electron chi connectivity index (χ3n) is 4.16. The summed E-state index contributed by atoms with van der Waals surface area (Å²) in [4.78, 5) is 0. The van der Waals surface area contributed by atoms with Gasteiger partial charge in [0, 0.05) is 0 Å². The van der Waals surface area contributed by atoms with Gasteiger partial charge in [-0.3, -0.25) is 0 Å². The summed E-state index contributed by atoms with van der Waals surface area (Å²) >= 11 is 0. The van der Waals surface area contributed by atoms with Crippen molar-refractivity contribution in [2.24, 2.45) is 0 Å². The number of epoxide rings is 2. The highest BCUT2D eigenvalue weighted by Gasteiger charge is 2.24. The molecule has 0 bridgehead atoms. The van der Waals surface area contributed by atoms with Crippen LogP contribution >= 0.6 is 0 Å². The first kappa shape index (κ1) is 17.2. The number of hydrogen-bond donors (Lipinski definition) is 0. The molecule has 2 aliphatic heterocycles. The molecule has 0 aromatic heterocycles. The molecule has 130 valence electrons. The van der Waals surface area contributed by atoms with E-state index in [-0.39, 0.29) is 12.2 Å². The Kier molecular flexibility index (Phi) is 6.07. The maximum Gasteiger partial charge on any atom is 0.117 e. The molecule has 1 aliphatic carbocycles. The van der Waals surface area contributed by atoms with Crippen LogP contribution < -0.4 is 0 Å². The molecule has 0 aromatic rings. The summed E-state index contributed by atoms with van der Waals surface area (Å²) in [6, 6.07) is 0. The fourth-order valence-electron chi connectivity index (χ4n) is 2.40. The van der Waals surface area contributed by atoms with Crippen LogP contribution in [-0.2, 0) is 18.9 Å². The maximum absolute atomic E-state index is 5.79. The van der Waals surface area contributed by atoms with Crippen molar-refractivity contribution in [3.8, 4) is 0 Å². The molecule has 4 nitrogen and oxygen atoms in total. The minimum absolute atomic E-state index is 0.181. The van der Waals surface area contributed by atoms with Gasteiger partial charge in [0.05, 0.1) is 25.9 Å². The van der Waals surface area contributed by atoms with Crippen LogP contribution in [0.25, 0.3) is 0 Å². The Morgan fingerprint density at radius 3 is 2.62 bits per heavy atom. The van der Waals surface area contributed by atoms with E-state index in [4.69, 9.17) is 18.9 Å². The van der Waals surface area contributed by atoms with Crippen molar-refractivity contribution in [3.63, 3.8) is 0 Å². The lowest BCUT2D eigenvalue weighted by atomic mass is 9.98. The summed E-state index contributed by atoms with van der Waals surface area (Å²) in [6.45, 7) is 8.90. The van der Waals surface area contributed by atoms with Crippen LogP contribution in [0.4, 0.5) is 0 Å². The lowest BCUT2D eigenvalue weighted by molar-refractivity contribution is 0.0730. The average molecular weight is 330 g/mol. The van der Waals surface area contributed by atoms with E-state index >= 15 is 0 Å². The van der Waals surface area contributed by atoms with Gasteiger partial charge in [0.15, 0.2) is 0 Å². The van der Waals surface area contributed by atoms with Gasteiger partial charge in [0.25, 0.3) is 0 Å². The van der Waals surface area contributed by atoms with E-state index in [1.807, 2.05) is 6.08 Å². The predicted molar refractivity (Wildman–Crippen MR) is 93.7 cm³/mol. The van der Waals surface area contributed by atoms with Crippen LogP contribution in [-0.4, -0.2) is 44.7 Å². The van der Waals surface area contributed by atoms with Gasteiger partial charge in [-0.15, -0.1) is 0 Å². The molecule has 0 N–H and O–H groups in total. The molecule has 3 aliphatic rings. The summed E-state index contributed by atoms with van der Waals surface area (Å²) < 4.78 is 21.6. The molecule has 2 saturated heterocycles. The second kappa shape index (κ2) is 8.47. The fraction of sp³-hybridized carbons (Fsp3) is 0.500. The van der Waals surface area contributed by atoms with Crippen molar-refractivity contribution < 1.29 is 18.9 Å². The third kappa shape index (κ3) is 6.11. The van der Waals surface area contributed by atoms with Crippen molar-refractivity contribution in [1.82, 2.24) is 0 Å². The van der Waals surface area contributed by atoms with Crippen molar-refractivity contribution in [1.29, 1.82) is 0 Å². The van der Waals surface area contributed by atoms with E-state index in [0.29, 0.717) is 25.1 Å². The van der Waals surface area contributed by atoms with Gasteiger partial charge in [-0.2, -0.15) is 0 Å². The van der Waals surface area contributed by atoms with Crippen LogP contribution in [0, 0.1) is 0 Å². The van der Waals surface area contributed by atoms with Crippen LogP contribution in [0.1, 0.15) is 19.8 Å². The van der Waals surface area contributed by atoms with Crippen molar-refractivity contribution in [3.05, 3.63) is 59.9 Å². The molecule has 3 atom stereocenters. The monoisotopic (exact) mass is 330 g/mol. The fourth-order valence-corrected chi connectivity index (χ4v) is 2.40. The average Bonchev–Trinajstić information content (AvgIpc) is 3.49. The standard InChI is InChI=1S/C20H26O4/c1-3-16(5-4-15(2)21-11-19-13-23-19)10-17-6-8-18(9-7-17)22-12-20-14-24-20/h3-8,18-20H,2,9-14H2,1H3/b5-4-,16-3+. The smallest absolute Gasteiger partial charge is 0.117 e. The van der Waals surface area contributed by atoms with Crippen molar-refractivity contribution >= 4 is 0 Å². The topological polar surface area (TPSA) is 43.5 Å². The van der Waals surface area contributed by atoms with Gasteiger partial charge in [-0.05, 0) is 37.0 Å². The van der Waals surface area contributed by atoms with E-state index in [1.54, 1.807) is 0 Å². The number of allylic oxidation sites excluding steroid dienone is 6. The highest BCUT2D eigenvalue weighted by Crippen LogP contribution is 2.22. The summed E-state index contributed by atoms with van der Waals surface area (Å²) in [5, 5.41) is 0. The highest BCUT2D eigenvalue weighted by atomic mass is 16.6. The molecule has 3 unspecified atom stereocenters.